The van der Waals surface area contributed by atoms with E-state index >= 15 is 0 Å². The third kappa shape index (κ3) is 3.63. The summed E-state index contributed by atoms with van der Waals surface area (Å²) in [5, 5.41) is 0.875. The Morgan fingerprint density at radius 1 is 1.00 bits per heavy atom. The molecular formula is C26H27N3O. The summed E-state index contributed by atoms with van der Waals surface area (Å²) in [5.74, 6) is 0.547. The molecule has 0 atom stereocenters. The van der Waals surface area contributed by atoms with Crippen molar-refractivity contribution in [1.82, 2.24) is 9.88 Å². The van der Waals surface area contributed by atoms with Gasteiger partial charge in [0.2, 0.25) is 0 Å². The molecule has 2 aromatic carbocycles. The molecule has 1 fully saturated rings. The van der Waals surface area contributed by atoms with Crippen molar-refractivity contribution < 1.29 is 4.79 Å². The Hall–Kier alpha value is -2.98. The van der Waals surface area contributed by atoms with Crippen molar-refractivity contribution in [2.75, 3.05) is 18.8 Å². The van der Waals surface area contributed by atoms with E-state index in [4.69, 9.17) is 10.7 Å². The van der Waals surface area contributed by atoms with E-state index in [-0.39, 0.29) is 5.78 Å². The number of piperidine rings is 1. The average molecular weight is 398 g/mol. The van der Waals surface area contributed by atoms with Crippen LogP contribution in [0, 0.1) is 5.92 Å². The summed E-state index contributed by atoms with van der Waals surface area (Å²) >= 11 is 0. The molecule has 1 aromatic heterocycles. The van der Waals surface area contributed by atoms with Crippen LogP contribution in [0.2, 0.25) is 0 Å². The Kier molecular flexibility index (Phi) is 5.09. The number of allylic oxidation sites excluding steroid dienone is 2. The predicted molar refractivity (Wildman–Crippen MR) is 121 cm³/mol. The zero-order chi connectivity index (χ0) is 20.5. The highest BCUT2D eigenvalue weighted by Crippen LogP contribution is 2.34. The SMILES string of the molecule is Nc1c2c(nc3ccccc13)CCC(=CC1CCN(Cc3ccccc3)CC1)C2=O. The van der Waals surface area contributed by atoms with Gasteiger partial charge in [0.05, 0.1) is 22.5 Å². The molecule has 2 aliphatic rings. The number of Topliss-reactive ketones (excluding diaryl/α,β-unsaturated/α-hetero) is 1. The van der Waals surface area contributed by atoms with E-state index in [1.165, 1.54) is 5.56 Å². The number of nitrogen functional groups attached to an aromatic ring is 1. The lowest BCUT2D eigenvalue weighted by molar-refractivity contribution is 0.102. The Labute approximate surface area is 177 Å². The van der Waals surface area contributed by atoms with Gasteiger partial charge in [-0.25, -0.2) is 0 Å². The summed E-state index contributed by atoms with van der Waals surface area (Å²) in [6.07, 6.45) is 5.99. The topological polar surface area (TPSA) is 59.2 Å². The van der Waals surface area contributed by atoms with Crippen LogP contribution >= 0.6 is 0 Å². The van der Waals surface area contributed by atoms with Gasteiger partial charge in [-0.1, -0.05) is 54.6 Å². The molecule has 5 rings (SSSR count). The molecule has 0 bridgehead atoms. The van der Waals surface area contributed by atoms with Gasteiger partial charge in [-0.3, -0.25) is 14.7 Å². The second-order valence-corrected chi connectivity index (χ2v) is 8.48. The molecule has 0 saturated carbocycles. The van der Waals surface area contributed by atoms with Crippen LogP contribution in [-0.2, 0) is 13.0 Å². The standard InChI is InChI=1S/C26H27N3O/c27-25-21-8-4-5-9-22(21)28-23-11-10-20(26(30)24(23)25)16-18-12-14-29(15-13-18)17-19-6-2-1-3-7-19/h1-9,16,18H,10-15,17H2,(H2,27,28). The number of rotatable bonds is 3. The summed E-state index contributed by atoms with van der Waals surface area (Å²) in [6, 6.07) is 18.5. The number of pyridine rings is 1. The Balaban J connectivity index is 1.31. The first-order chi connectivity index (χ1) is 14.7. The fraction of sp³-hybridized carbons (Fsp3) is 0.308. The van der Waals surface area contributed by atoms with Gasteiger partial charge in [-0.05, 0) is 61.9 Å². The summed E-state index contributed by atoms with van der Waals surface area (Å²) in [4.78, 5) is 20.5. The largest absolute Gasteiger partial charge is 0.398 e. The molecule has 0 spiro atoms. The number of anilines is 1. The number of hydrogen-bond donors (Lipinski definition) is 1. The number of hydrogen-bond acceptors (Lipinski definition) is 4. The smallest absolute Gasteiger partial charge is 0.192 e. The maximum atomic E-state index is 13.3. The fourth-order valence-corrected chi connectivity index (χ4v) is 4.81. The number of likely N-dealkylation sites (tertiary alicyclic amines) is 1. The van der Waals surface area contributed by atoms with Crippen LogP contribution in [0.5, 0.6) is 0 Å². The second-order valence-electron chi connectivity index (χ2n) is 8.48. The van der Waals surface area contributed by atoms with Gasteiger partial charge in [0.1, 0.15) is 0 Å². The third-order valence-corrected chi connectivity index (χ3v) is 6.48. The highest BCUT2D eigenvalue weighted by molar-refractivity contribution is 6.17. The van der Waals surface area contributed by atoms with Crippen molar-refractivity contribution in [2.24, 2.45) is 5.92 Å². The van der Waals surface area contributed by atoms with E-state index in [1.807, 2.05) is 24.3 Å². The lowest BCUT2D eigenvalue weighted by Crippen LogP contribution is -2.33. The molecule has 0 amide bonds. The van der Waals surface area contributed by atoms with Gasteiger partial charge in [-0.2, -0.15) is 0 Å². The Morgan fingerprint density at radius 3 is 2.53 bits per heavy atom. The van der Waals surface area contributed by atoms with Crippen LogP contribution in [0.15, 0.2) is 66.2 Å². The number of ketones is 1. The quantitative estimate of drug-likeness (QED) is 0.646. The summed E-state index contributed by atoms with van der Waals surface area (Å²) in [5.41, 5.74) is 11.7. The second kappa shape index (κ2) is 8.04. The first-order valence-electron chi connectivity index (χ1n) is 10.9. The van der Waals surface area contributed by atoms with E-state index in [9.17, 15) is 4.79 Å². The highest BCUT2D eigenvalue weighted by atomic mass is 16.1. The molecule has 1 aliphatic heterocycles. The molecule has 0 radical (unpaired) electrons. The number of benzene rings is 2. The minimum absolute atomic E-state index is 0.0821. The van der Waals surface area contributed by atoms with Crippen molar-refractivity contribution in [1.29, 1.82) is 0 Å². The van der Waals surface area contributed by atoms with E-state index in [2.05, 4.69) is 41.3 Å². The number of fused-ring (bicyclic) bond motifs is 2. The van der Waals surface area contributed by atoms with Crippen molar-refractivity contribution in [3.63, 3.8) is 0 Å². The summed E-state index contributed by atoms with van der Waals surface area (Å²) < 4.78 is 0. The third-order valence-electron chi connectivity index (χ3n) is 6.48. The number of carbonyl (C=O) groups excluding carboxylic acids is 1. The monoisotopic (exact) mass is 397 g/mol. The van der Waals surface area contributed by atoms with Gasteiger partial charge in [-0.15, -0.1) is 0 Å². The minimum Gasteiger partial charge on any atom is -0.398 e. The van der Waals surface area contributed by atoms with Gasteiger partial charge in [0.15, 0.2) is 5.78 Å². The zero-order valence-electron chi connectivity index (χ0n) is 17.2. The maximum Gasteiger partial charge on any atom is 0.192 e. The van der Waals surface area contributed by atoms with Crippen LogP contribution in [0.1, 0.15) is 40.9 Å². The summed E-state index contributed by atoms with van der Waals surface area (Å²) in [7, 11) is 0. The molecule has 0 unspecified atom stereocenters. The molecule has 152 valence electrons. The Morgan fingerprint density at radius 2 is 1.73 bits per heavy atom. The van der Waals surface area contributed by atoms with Gasteiger partial charge >= 0.3 is 0 Å². The molecular weight excluding hydrogens is 370 g/mol. The number of para-hydroxylation sites is 1. The first-order valence-corrected chi connectivity index (χ1v) is 10.9. The van der Waals surface area contributed by atoms with Gasteiger partial charge in [0, 0.05) is 11.9 Å². The zero-order valence-corrected chi connectivity index (χ0v) is 17.2. The predicted octanol–water partition coefficient (Wildman–Crippen LogP) is 4.78. The van der Waals surface area contributed by atoms with Gasteiger partial charge in [0.25, 0.3) is 0 Å². The van der Waals surface area contributed by atoms with Gasteiger partial charge < -0.3 is 5.73 Å². The first kappa shape index (κ1) is 19.0. The normalized spacial score (nSPS) is 19.3. The average Bonchev–Trinajstić information content (AvgIpc) is 2.78. The number of carbonyl (C=O) groups is 1. The minimum atomic E-state index is 0.0821. The van der Waals surface area contributed by atoms with Crippen molar-refractivity contribution in [2.45, 2.75) is 32.2 Å². The molecule has 1 saturated heterocycles. The lowest BCUT2D eigenvalue weighted by Gasteiger charge is -2.31. The van der Waals surface area contributed by atoms with E-state index in [1.54, 1.807) is 0 Å². The van der Waals surface area contributed by atoms with E-state index in [0.29, 0.717) is 17.2 Å². The Bertz CT molecular complexity index is 1110. The van der Waals surface area contributed by atoms with Crippen molar-refractivity contribution in [3.8, 4) is 0 Å². The maximum absolute atomic E-state index is 13.3. The van der Waals surface area contributed by atoms with Crippen molar-refractivity contribution in [3.05, 3.63) is 83.1 Å². The molecule has 30 heavy (non-hydrogen) atoms. The van der Waals surface area contributed by atoms with Crippen molar-refractivity contribution >= 4 is 22.4 Å². The molecule has 2 N–H and O–H groups in total. The molecule has 4 nitrogen and oxygen atoms in total. The van der Waals surface area contributed by atoms with Crippen LogP contribution in [-0.4, -0.2) is 28.8 Å². The lowest BCUT2D eigenvalue weighted by atomic mass is 9.84. The van der Waals surface area contributed by atoms with Crippen LogP contribution in [0.25, 0.3) is 10.9 Å². The van der Waals surface area contributed by atoms with E-state index in [0.717, 1.165) is 67.5 Å². The number of nitrogens with zero attached hydrogens (tertiary/aromatic N) is 2. The molecule has 4 heteroatoms. The fourth-order valence-electron chi connectivity index (χ4n) is 4.81. The highest BCUT2D eigenvalue weighted by Gasteiger charge is 2.28. The number of aryl methyl sites for hydroxylation is 1. The number of nitrogens with two attached hydrogens (primary N) is 1. The molecule has 3 aromatic rings. The summed E-state index contributed by atoms with van der Waals surface area (Å²) in [6.45, 7) is 3.15. The van der Waals surface area contributed by atoms with E-state index < -0.39 is 0 Å². The van der Waals surface area contributed by atoms with Crippen LogP contribution < -0.4 is 5.73 Å². The van der Waals surface area contributed by atoms with Crippen LogP contribution in [0.3, 0.4) is 0 Å². The molecule has 2 heterocycles. The van der Waals surface area contributed by atoms with Crippen LogP contribution in [0.4, 0.5) is 5.69 Å². The molecule has 1 aliphatic carbocycles. The number of aromatic nitrogens is 1.